The Kier molecular flexibility index (Phi) is 5.41. The minimum absolute atomic E-state index is 0.0412. The molecule has 4 nitrogen and oxygen atoms in total. The lowest BCUT2D eigenvalue weighted by molar-refractivity contribution is -0.116. The Morgan fingerprint density at radius 1 is 1.35 bits per heavy atom. The average Bonchev–Trinajstić information content (AvgIpc) is 3.03. The van der Waals surface area contributed by atoms with Crippen LogP contribution >= 0.6 is 11.3 Å². The van der Waals surface area contributed by atoms with Crippen molar-refractivity contribution in [3.8, 4) is 0 Å². The molecule has 5 heteroatoms. The van der Waals surface area contributed by atoms with Crippen LogP contribution in [0.1, 0.15) is 41.2 Å². The van der Waals surface area contributed by atoms with Crippen LogP contribution in [0, 0.1) is 6.92 Å². The van der Waals surface area contributed by atoms with Gasteiger partial charge in [-0.1, -0.05) is 24.3 Å². The maximum absolute atomic E-state index is 12.1. The van der Waals surface area contributed by atoms with E-state index in [0.29, 0.717) is 12.3 Å². The monoisotopic (exact) mass is 329 g/mol. The lowest BCUT2D eigenvalue weighted by Gasteiger charge is -2.20. The molecule has 2 aromatic rings. The van der Waals surface area contributed by atoms with Crippen molar-refractivity contribution in [3.63, 3.8) is 0 Å². The molecule has 0 spiro atoms. The summed E-state index contributed by atoms with van der Waals surface area (Å²) >= 11 is 1.62. The fourth-order valence-electron chi connectivity index (χ4n) is 2.96. The first-order valence-electron chi connectivity index (χ1n) is 8.23. The zero-order valence-electron chi connectivity index (χ0n) is 13.5. The van der Waals surface area contributed by atoms with Crippen molar-refractivity contribution in [2.75, 3.05) is 18.4 Å². The molecule has 1 aromatic carbocycles. The molecule has 1 aliphatic rings. The van der Waals surface area contributed by atoms with Crippen molar-refractivity contribution in [2.45, 2.75) is 38.5 Å². The number of piperidine rings is 1. The van der Waals surface area contributed by atoms with Crippen LogP contribution in [0.2, 0.25) is 0 Å². The number of amides is 1. The highest BCUT2D eigenvalue weighted by atomic mass is 32.1. The molecule has 0 radical (unpaired) electrons. The maximum atomic E-state index is 12.1. The third-order valence-corrected chi connectivity index (χ3v) is 5.47. The van der Waals surface area contributed by atoms with Crippen molar-refractivity contribution in [1.82, 2.24) is 10.3 Å². The van der Waals surface area contributed by atoms with Gasteiger partial charge < -0.3 is 10.6 Å². The normalized spacial score (nSPS) is 15.5. The van der Waals surface area contributed by atoms with E-state index in [1.807, 2.05) is 18.3 Å². The Morgan fingerprint density at radius 3 is 2.91 bits per heavy atom. The van der Waals surface area contributed by atoms with Crippen LogP contribution in [0.25, 0.3) is 0 Å². The first-order valence-corrected chi connectivity index (χ1v) is 9.05. The average molecular weight is 329 g/mol. The summed E-state index contributed by atoms with van der Waals surface area (Å²) < 4.78 is 0. The Labute approximate surface area is 141 Å². The van der Waals surface area contributed by atoms with Gasteiger partial charge in [-0.2, -0.15) is 0 Å². The molecule has 0 unspecified atom stereocenters. The smallest absolute Gasteiger partial charge is 0.226 e. The highest BCUT2D eigenvalue weighted by Crippen LogP contribution is 2.31. The predicted molar refractivity (Wildman–Crippen MR) is 95.1 cm³/mol. The number of hydrogen-bond donors (Lipinski definition) is 2. The van der Waals surface area contributed by atoms with Gasteiger partial charge in [-0.3, -0.25) is 4.79 Å². The second-order valence-electron chi connectivity index (χ2n) is 6.07. The summed E-state index contributed by atoms with van der Waals surface area (Å²) in [7, 11) is 0. The van der Waals surface area contributed by atoms with Crippen LogP contribution in [0.3, 0.4) is 0 Å². The van der Waals surface area contributed by atoms with Crippen LogP contribution in [-0.4, -0.2) is 24.0 Å². The van der Waals surface area contributed by atoms with E-state index in [9.17, 15) is 4.79 Å². The van der Waals surface area contributed by atoms with E-state index in [4.69, 9.17) is 0 Å². The molecule has 2 N–H and O–H groups in total. The Bertz CT molecular complexity index is 662. The number of aryl methyl sites for hydroxylation is 2. The van der Waals surface area contributed by atoms with Crippen molar-refractivity contribution < 1.29 is 4.79 Å². The van der Waals surface area contributed by atoms with E-state index in [1.165, 1.54) is 16.0 Å². The summed E-state index contributed by atoms with van der Waals surface area (Å²) in [5, 5.41) is 7.05. The van der Waals surface area contributed by atoms with Gasteiger partial charge in [-0.25, -0.2) is 4.98 Å². The van der Waals surface area contributed by atoms with Gasteiger partial charge in [0.15, 0.2) is 5.13 Å². The van der Waals surface area contributed by atoms with Gasteiger partial charge in [0.05, 0.1) is 0 Å². The van der Waals surface area contributed by atoms with Crippen molar-refractivity contribution in [3.05, 3.63) is 46.5 Å². The minimum atomic E-state index is 0.0412. The lowest BCUT2D eigenvalue weighted by Crippen LogP contribution is -2.26. The second-order valence-corrected chi connectivity index (χ2v) is 7.13. The number of aromatic nitrogens is 1. The van der Waals surface area contributed by atoms with Crippen LogP contribution in [0.4, 0.5) is 5.13 Å². The summed E-state index contributed by atoms with van der Waals surface area (Å²) in [6.07, 6.45) is 5.50. The molecule has 1 amide bonds. The lowest BCUT2D eigenvalue weighted by atomic mass is 9.97. The predicted octanol–water partition coefficient (Wildman–Crippen LogP) is 3.49. The van der Waals surface area contributed by atoms with E-state index in [1.54, 1.807) is 11.3 Å². The molecule has 3 rings (SSSR count). The first kappa shape index (κ1) is 16.1. The molecule has 122 valence electrons. The maximum Gasteiger partial charge on any atom is 0.226 e. The fraction of sp³-hybridized carbons (Fsp3) is 0.444. The number of thiazole rings is 1. The first-order chi connectivity index (χ1) is 11.2. The van der Waals surface area contributed by atoms with Crippen molar-refractivity contribution >= 4 is 22.4 Å². The third kappa shape index (κ3) is 4.39. The largest absolute Gasteiger partial charge is 0.317 e. The minimum Gasteiger partial charge on any atom is -0.317 e. The molecule has 1 aromatic heterocycles. The van der Waals surface area contributed by atoms with E-state index in [0.717, 1.165) is 37.5 Å². The molecule has 23 heavy (non-hydrogen) atoms. The highest BCUT2D eigenvalue weighted by Gasteiger charge is 2.18. The van der Waals surface area contributed by atoms with Crippen LogP contribution in [0.15, 0.2) is 30.5 Å². The van der Waals surface area contributed by atoms with Gasteiger partial charge in [0.1, 0.15) is 0 Å². The summed E-state index contributed by atoms with van der Waals surface area (Å²) in [4.78, 5) is 17.8. The van der Waals surface area contributed by atoms with E-state index >= 15 is 0 Å². The van der Waals surface area contributed by atoms with Gasteiger partial charge in [0.2, 0.25) is 5.91 Å². The fourth-order valence-corrected chi connectivity index (χ4v) is 3.96. The van der Waals surface area contributed by atoms with Gasteiger partial charge in [-0.05, 0) is 56.3 Å². The zero-order chi connectivity index (χ0) is 16.1. The van der Waals surface area contributed by atoms with E-state index < -0.39 is 0 Å². The standard InChI is InChI=1S/C18H23N3OS/c1-13-4-2-3-5-14(13)6-7-17(22)21-18-20-12-16(23-18)15-8-10-19-11-9-15/h2-5,12,15,19H,6-11H2,1H3,(H,20,21,22). The van der Waals surface area contributed by atoms with Crippen LogP contribution in [-0.2, 0) is 11.2 Å². The van der Waals surface area contributed by atoms with Gasteiger partial charge >= 0.3 is 0 Å². The quantitative estimate of drug-likeness (QED) is 0.883. The molecule has 0 aliphatic carbocycles. The topological polar surface area (TPSA) is 54.0 Å². The Hall–Kier alpha value is -1.72. The number of nitrogens with zero attached hydrogens (tertiary/aromatic N) is 1. The van der Waals surface area contributed by atoms with E-state index in [-0.39, 0.29) is 5.91 Å². The van der Waals surface area contributed by atoms with Crippen molar-refractivity contribution in [1.29, 1.82) is 0 Å². The highest BCUT2D eigenvalue weighted by molar-refractivity contribution is 7.15. The Morgan fingerprint density at radius 2 is 2.13 bits per heavy atom. The number of hydrogen-bond acceptors (Lipinski definition) is 4. The summed E-state index contributed by atoms with van der Waals surface area (Å²) in [5.74, 6) is 0.630. The third-order valence-electron chi connectivity index (χ3n) is 4.39. The number of nitrogens with one attached hydrogen (secondary N) is 2. The number of rotatable bonds is 5. The molecule has 1 aliphatic heterocycles. The van der Waals surface area contributed by atoms with Crippen LogP contribution in [0.5, 0.6) is 0 Å². The number of anilines is 1. The molecule has 0 saturated carbocycles. The number of benzene rings is 1. The van der Waals surface area contributed by atoms with Crippen molar-refractivity contribution in [2.24, 2.45) is 0 Å². The zero-order valence-corrected chi connectivity index (χ0v) is 14.3. The second kappa shape index (κ2) is 7.70. The molecule has 1 fully saturated rings. The molecule has 1 saturated heterocycles. The number of carbonyl (C=O) groups excluding carboxylic acids is 1. The van der Waals surface area contributed by atoms with Crippen LogP contribution < -0.4 is 10.6 Å². The van der Waals surface area contributed by atoms with Gasteiger partial charge in [0.25, 0.3) is 0 Å². The SMILES string of the molecule is Cc1ccccc1CCC(=O)Nc1ncc(C2CCNCC2)s1. The molecule has 0 bridgehead atoms. The molecular weight excluding hydrogens is 306 g/mol. The Balaban J connectivity index is 1.52. The molecule has 0 atom stereocenters. The number of carbonyl (C=O) groups is 1. The van der Waals surface area contributed by atoms with E-state index in [2.05, 4.69) is 34.7 Å². The summed E-state index contributed by atoms with van der Waals surface area (Å²) in [6, 6.07) is 8.21. The molecule has 2 heterocycles. The van der Waals surface area contributed by atoms with Gasteiger partial charge in [-0.15, -0.1) is 11.3 Å². The summed E-state index contributed by atoms with van der Waals surface area (Å²) in [6.45, 7) is 4.22. The van der Waals surface area contributed by atoms with Gasteiger partial charge in [0, 0.05) is 17.5 Å². The summed E-state index contributed by atoms with van der Waals surface area (Å²) in [5.41, 5.74) is 2.47. The molecular formula is C18H23N3OS.